The number of urea groups is 1. The first kappa shape index (κ1) is 15.0. The highest BCUT2D eigenvalue weighted by atomic mass is 16.2. The van der Waals surface area contributed by atoms with Gasteiger partial charge in [-0.25, -0.2) is 4.79 Å². The summed E-state index contributed by atoms with van der Waals surface area (Å²) >= 11 is 0. The minimum Gasteiger partial charge on any atom is -0.333 e. The molecule has 5 nitrogen and oxygen atoms in total. The molecule has 0 unspecified atom stereocenters. The summed E-state index contributed by atoms with van der Waals surface area (Å²) in [6.07, 6.45) is 3.74. The van der Waals surface area contributed by atoms with Crippen LogP contribution >= 0.6 is 0 Å². The molecule has 0 atom stereocenters. The number of nitrogens with one attached hydrogen (secondary N) is 1. The minimum atomic E-state index is -0.295. The fourth-order valence-corrected chi connectivity index (χ4v) is 1.55. The van der Waals surface area contributed by atoms with Gasteiger partial charge in [0.25, 0.3) is 0 Å². The monoisotopic (exact) mass is 260 g/mol. The first-order valence-electron chi connectivity index (χ1n) is 6.25. The van der Waals surface area contributed by atoms with Crippen molar-refractivity contribution in [3.05, 3.63) is 30.1 Å². The number of nitrogens with zero attached hydrogens (tertiary/aromatic N) is 3. The summed E-state index contributed by atoms with van der Waals surface area (Å²) in [6, 6.07) is 5.65. The molecule has 1 rings (SSSR count). The number of hydrogen-bond donors (Lipinski definition) is 1. The van der Waals surface area contributed by atoms with E-state index in [2.05, 4.69) is 16.4 Å². The maximum Gasteiger partial charge on any atom is 0.318 e. The van der Waals surface area contributed by atoms with Crippen molar-refractivity contribution in [2.45, 2.75) is 39.3 Å². The Morgan fingerprint density at radius 2 is 2.26 bits per heavy atom. The minimum absolute atomic E-state index is 0.161. The second kappa shape index (κ2) is 6.74. The van der Waals surface area contributed by atoms with Gasteiger partial charge in [0.2, 0.25) is 0 Å². The summed E-state index contributed by atoms with van der Waals surface area (Å²) in [7, 11) is 0. The van der Waals surface area contributed by atoms with Gasteiger partial charge < -0.3 is 10.2 Å². The van der Waals surface area contributed by atoms with Gasteiger partial charge in [-0.1, -0.05) is 6.07 Å². The summed E-state index contributed by atoms with van der Waals surface area (Å²) < 4.78 is 0. The Morgan fingerprint density at radius 3 is 2.79 bits per heavy atom. The van der Waals surface area contributed by atoms with Crippen LogP contribution in [0, 0.1) is 11.3 Å². The number of rotatable bonds is 4. The van der Waals surface area contributed by atoms with Gasteiger partial charge >= 0.3 is 6.03 Å². The maximum absolute atomic E-state index is 12.2. The molecular weight excluding hydrogens is 240 g/mol. The van der Waals surface area contributed by atoms with E-state index in [0.717, 1.165) is 5.56 Å². The van der Waals surface area contributed by atoms with Crippen LogP contribution in [0.2, 0.25) is 0 Å². The summed E-state index contributed by atoms with van der Waals surface area (Å²) in [6.45, 7) is 6.65. The summed E-state index contributed by atoms with van der Waals surface area (Å²) in [5.74, 6) is 0. The third-order valence-corrected chi connectivity index (χ3v) is 2.36. The van der Waals surface area contributed by atoms with Crippen molar-refractivity contribution >= 4 is 6.03 Å². The van der Waals surface area contributed by atoms with E-state index in [1.807, 2.05) is 32.9 Å². The lowest BCUT2D eigenvalue weighted by Crippen LogP contribution is -2.48. The largest absolute Gasteiger partial charge is 0.333 e. The molecule has 0 spiro atoms. The third kappa shape index (κ3) is 5.87. The van der Waals surface area contributed by atoms with Gasteiger partial charge in [0.05, 0.1) is 12.5 Å². The van der Waals surface area contributed by atoms with Crippen LogP contribution < -0.4 is 5.32 Å². The number of nitriles is 1. The van der Waals surface area contributed by atoms with Gasteiger partial charge in [-0.05, 0) is 32.4 Å². The van der Waals surface area contributed by atoms with E-state index in [4.69, 9.17) is 5.26 Å². The zero-order chi connectivity index (χ0) is 14.3. The Hall–Kier alpha value is -2.09. The van der Waals surface area contributed by atoms with Gasteiger partial charge in [0.15, 0.2) is 0 Å². The Kier molecular flexibility index (Phi) is 5.31. The molecule has 1 aromatic heterocycles. The summed E-state index contributed by atoms with van der Waals surface area (Å²) in [5, 5.41) is 11.6. The number of amides is 2. The normalized spacial score (nSPS) is 10.6. The zero-order valence-electron chi connectivity index (χ0n) is 11.7. The standard InChI is InChI=1S/C14H20N4O/c1-14(2,3)17-13(19)18(9-5-7-15)11-12-6-4-8-16-10-12/h4,6,8,10H,5,9,11H2,1-3H3,(H,17,19). The van der Waals surface area contributed by atoms with Gasteiger partial charge in [0.1, 0.15) is 0 Å². The molecule has 0 aromatic carbocycles. The maximum atomic E-state index is 12.2. The van der Waals surface area contributed by atoms with Crippen LogP contribution in [-0.4, -0.2) is 28.0 Å². The smallest absolute Gasteiger partial charge is 0.318 e. The van der Waals surface area contributed by atoms with Crippen molar-refractivity contribution in [1.29, 1.82) is 5.26 Å². The van der Waals surface area contributed by atoms with Crippen LogP contribution in [0.15, 0.2) is 24.5 Å². The van der Waals surface area contributed by atoms with Crippen molar-refractivity contribution in [1.82, 2.24) is 15.2 Å². The van der Waals surface area contributed by atoms with Gasteiger partial charge in [-0.2, -0.15) is 5.26 Å². The number of pyridine rings is 1. The van der Waals surface area contributed by atoms with Crippen LogP contribution in [-0.2, 0) is 6.54 Å². The topological polar surface area (TPSA) is 69.0 Å². The van der Waals surface area contributed by atoms with E-state index < -0.39 is 0 Å². The van der Waals surface area contributed by atoms with E-state index in [1.165, 1.54) is 0 Å². The zero-order valence-corrected chi connectivity index (χ0v) is 11.7. The Balaban J connectivity index is 2.72. The fourth-order valence-electron chi connectivity index (χ4n) is 1.55. The molecule has 5 heteroatoms. The Labute approximate surface area is 114 Å². The molecule has 1 N–H and O–H groups in total. The average molecular weight is 260 g/mol. The predicted octanol–water partition coefficient (Wildman–Crippen LogP) is 2.31. The molecule has 0 fully saturated rings. The molecule has 0 radical (unpaired) electrons. The molecule has 0 saturated heterocycles. The lowest BCUT2D eigenvalue weighted by atomic mass is 10.1. The molecule has 0 aliphatic rings. The van der Waals surface area contributed by atoms with E-state index in [9.17, 15) is 4.79 Å². The highest BCUT2D eigenvalue weighted by Gasteiger charge is 2.19. The van der Waals surface area contributed by atoms with E-state index in [1.54, 1.807) is 17.3 Å². The second-order valence-electron chi connectivity index (χ2n) is 5.37. The molecule has 0 bridgehead atoms. The Bertz CT molecular complexity index is 445. The predicted molar refractivity (Wildman–Crippen MR) is 73.2 cm³/mol. The van der Waals surface area contributed by atoms with Crippen LogP contribution in [0.1, 0.15) is 32.8 Å². The average Bonchev–Trinajstić information content (AvgIpc) is 2.33. The first-order chi connectivity index (χ1) is 8.92. The van der Waals surface area contributed by atoms with Gasteiger partial charge in [-0.15, -0.1) is 0 Å². The molecule has 19 heavy (non-hydrogen) atoms. The summed E-state index contributed by atoms with van der Waals surface area (Å²) in [5.41, 5.74) is 0.654. The molecule has 1 aromatic rings. The molecule has 102 valence electrons. The molecule has 0 aliphatic heterocycles. The Morgan fingerprint density at radius 1 is 1.53 bits per heavy atom. The van der Waals surface area contributed by atoms with Crippen LogP contribution in [0.4, 0.5) is 4.79 Å². The molecule has 0 aliphatic carbocycles. The highest BCUT2D eigenvalue weighted by Crippen LogP contribution is 2.07. The molecule has 1 heterocycles. The SMILES string of the molecule is CC(C)(C)NC(=O)N(CCC#N)Cc1cccnc1. The van der Waals surface area contributed by atoms with Crippen LogP contribution in [0.3, 0.4) is 0 Å². The number of hydrogen-bond acceptors (Lipinski definition) is 3. The molecule has 0 saturated carbocycles. The van der Waals surface area contributed by atoms with Crippen molar-refractivity contribution < 1.29 is 4.79 Å². The molecule has 2 amide bonds. The van der Waals surface area contributed by atoms with Crippen LogP contribution in [0.25, 0.3) is 0 Å². The van der Waals surface area contributed by atoms with Crippen LogP contribution in [0.5, 0.6) is 0 Å². The van der Waals surface area contributed by atoms with Gasteiger partial charge in [-0.3, -0.25) is 4.98 Å². The van der Waals surface area contributed by atoms with Crippen molar-refractivity contribution in [3.63, 3.8) is 0 Å². The fraction of sp³-hybridized carbons (Fsp3) is 0.500. The lowest BCUT2D eigenvalue weighted by molar-refractivity contribution is 0.187. The van der Waals surface area contributed by atoms with Crippen molar-refractivity contribution in [3.8, 4) is 6.07 Å². The second-order valence-corrected chi connectivity index (χ2v) is 5.37. The van der Waals surface area contributed by atoms with E-state index in [0.29, 0.717) is 19.5 Å². The van der Waals surface area contributed by atoms with Crippen molar-refractivity contribution in [2.24, 2.45) is 0 Å². The lowest BCUT2D eigenvalue weighted by Gasteiger charge is -2.28. The van der Waals surface area contributed by atoms with Gasteiger partial charge in [0, 0.05) is 31.0 Å². The van der Waals surface area contributed by atoms with E-state index in [-0.39, 0.29) is 11.6 Å². The number of carbonyl (C=O) groups is 1. The van der Waals surface area contributed by atoms with Crippen molar-refractivity contribution in [2.75, 3.05) is 6.54 Å². The highest BCUT2D eigenvalue weighted by molar-refractivity contribution is 5.75. The number of carbonyl (C=O) groups excluding carboxylic acids is 1. The number of aromatic nitrogens is 1. The van der Waals surface area contributed by atoms with E-state index >= 15 is 0 Å². The molecular formula is C14H20N4O. The third-order valence-electron chi connectivity index (χ3n) is 2.36. The quantitative estimate of drug-likeness (QED) is 0.903. The summed E-state index contributed by atoms with van der Waals surface area (Å²) in [4.78, 5) is 17.8. The first-order valence-corrected chi connectivity index (χ1v) is 6.25.